The summed E-state index contributed by atoms with van der Waals surface area (Å²) in [4.78, 5) is 0. The fraction of sp³-hybridized carbons (Fsp3) is 1.00. The number of halogens is 1. The predicted molar refractivity (Wildman–Crippen MR) is 41.1 cm³/mol. The van der Waals surface area contributed by atoms with Gasteiger partial charge >= 0.3 is 0 Å². The van der Waals surface area contributed by atoms with E-state index in [1.807, 2.05) is 0 Å². The zero-order chi connectivity index (χ0) is 6.85. The van der Waals surface area contributed by atoms with Crippen molar-refractivity contribution in [1.82, 2.24) is 0 Å². The van der Waals surface area contributed by atoms with E-state index in [2.05, 4.69) is 0 Å². The van der Waals surface area contributed by atoms with Crippen molar-refractivity contribution in [2.45, 2.75) is 37.5 Å². The van der Waals surface area contributed by atoms with Crippen molar-refractivity contribution in [2.24, 2.45) is 5.73 Å². The van der Waals surface area contributed by atoms with Crippen molar-refractivity contribution < 1.29 is 10.2 Å². The van der Waals surface area contributed by atoms with Crippen molar-refractivity contribution in [1.29, 1.82) is 0 Å². The molecule has 0 spiro atoms. The number of hydrogen-bond acceptors (Lipinski definition) is 3. The van der Waals surface area contributed by atoms with Gasteiger partial charge in [0.15, 0.2) is 0 Å². The summed E-state index contributed by atoms with van der Waals surface area (Å²) in [5.74, 6) is 0. The smallest absolute Gasteiger partial charge is 0.0949 e. The van der Waals surface area contributed by atoms with Gasteiger partial charge in [-0.1, -0.05) is 0 Å². The third kappa shape index (κ3) is 2.09. The van der Waals surface area contributed by atoms with Crippen molar-refractivity contribution in [3.8, 4) is 0 Å². The van der Waals surface area contributed by atoms with Crippen LogP contribution in [-0.4, -0.2) is 28.5 Å². The molecule has 0 radical (unpaired) electrons. The van der Waals surface area contributed by atoms with Gasteiger partial charge in [0.1, 0.15) is 0 Å². The molecule has 1 rings (SSSR count). The predicted octanol–water partition coefficient (Wildman–Crippen LogP) is -0.359. The molecule has 0 amide bonds. The monoisotopic (exact) mass is 167 g/mol. The van der Waals surface area contributed by atoms with Crippen LogP contribution in [0.15, 0.2) is 0 Å². The number of aliphatic hydroxyl groups excluding tert-OH is 2. The van der Waals surface area contributed by atoms with Gasteiger partial charge in [0.2, 0.25) is 0 Å². The average molecular weight is 168 g/mol. The fourth-order valence-electron chi connectivity index (χ4n) is 1.19. The molecule has 62 valence electrons. The second-order valence-electron chi connectivity index (χ2n) is 2.65. The lowest BCUT2D eigenvalue weighted by atomic mass is 9.91. The quantitative estimate of drug-likeness (QED) is 0.462. The molecule has 10 heavy (non-hydrogen) atoms. The highest BCUT2D eigenvalue weighted by Crippen LogP contribution is 2.16. The summed E-state index contributed by atoms with van der Waals surface area (Å²) >= 11 is 0. The van der Waals surface area contributed by atoms with Crippen molar-refractivity contribution >= 4 is 12.4 Å². The summed E-state index contributed by atoms with van der Waals surface area (Å²) in [5.41, 5.74) is 5.46. The standard InChI is InChI=1S/C6H13NO2.ClH/c7-4-2-1-3-5(8)6(4)9;/h4-6,8-9H,1-3,7H2;1H/t4-,5+,6-;/m1./s1. The molecule has 0 aliphatic heterocycles. The van der Waals surface area contributed by atoms with Gasteiger partial charge < -0.3 is 15.9 Å². The molecular weight excluding hydrogens is 154 g/mol. The van der Waals surface area contributed by atoms with E-state index in [1.54, 1.807) is 0 Å². The highest BCUT2D eigenvalue weighted by atomic mass is 35.5. The van der Waals surface area contributed by atoms with Gasteiger partial charge in [-0.15, -0.1) is 12.4 Å². The van der Waals surface area contributed by atoms with Crippen LogP contribution in [0.5, 0.6) is 0 Å². The average Bonchev–Trinajstić information content (AvgIpc) is 1.83. The van der Waals surface area contributed by atoms with Crippen molar-refractivity contribution in [2.75, 3.05) is 0 Å². The van der Waals surface area contributed by atoms with Crippen LogP contribution < -0.4 is 5.73 Å². The lowest BCUT2D eigenvalue weighted by Crippen LogP contribution is -2.46. The molecule has 0 aromatic rings. The largest absolute Gasteiger partial charge is 0.390 e. The fourth-order valence-corrected chi connectivity index (χ4v) is 1.19. The Morgan fingerprint density at radius 3 is 2.20 bits per heavy atom. The third-order valence-electron chi connectivity index (χ3n) is 1.87. The molecule has 0 heterocycles. The minimum Gasteiger partial charge on any atom is -0.390 e. The first-order chi connectivity index (χ1) is 4.22. The third-order valence-corrected chi connectivity index (χ3v) is 1.87. The van der Waals surface area contributed by atoms with Crippen LogP contribution in [0.3, 0.4) is 0 Å². The van der Waals surface area contributed by atoms with Crippen LogP contribution in [0.4, 0.5) is 0 Å². The summed E-state index contributed by atoms with van der Waals surface area (Å²) in [7, 11) is 0. The molecule has 4 heteroatoms. The SMILES string of the molecule is Cl.N[C@@H]1CCC[C@H](O)[C@@H]1O. The van der Waals surface area contributed by atoms with E-state index in [9.17, 15) is 0 Å². The Balaban J connectivity index is 0.000000810. The molecular formula is C6H14ClNO2. The minimum atomic E-state index is -0.696. The number of nitrogens with two attached hydrogens (primary N) is 1. The second-order valence-corrected chi connectivity index (χ2v) is 2.65. The molecule has 0 unspecified atom stereocenters. The maximum Gasteiger partial charge on any atom is 0.0949 e. The van der Waals surface area contributed by atoms with Crippen molar-refractivity contribution in [3.05, 3.63) is 0 Å². The summed E-state index contributed by atoms with van der Waals surface area (Å²) in [6.45, 7) is 0. The summed E-state index contributed by atoms with van der Waals surface area (Å²) < 4.78 is 0. The Labute approximate surface area is 66.6 Å². The Hall–Kier alpha value is 0.170. The maximum absolute atomic E-state index is 9.07. The lowest BCUT2D eigenvalue weighted by Gasteiger charge is -2.28. The maximum atomic E-state index is 9.07. The Kier molecular flexibility index (Phi) is 4.20. The van der Waals surface area contributed by atoms with Crippen molar-refractivity contribution in [3.63, 3.8) is 0 Å². The van der Waals surface area contributed by atoms with E-state index in [0.29, 0.717) is 6.42 Å². The van der Waals surface area contributed by atoms with Crippen LogP contribution in [0.2, 0.25) is 0 Å². The highest BCUT2D eigenvalue weighted by Gasteiger charge is 2.26. The molecule has 4 N–H and O–H groups in total. The van der Waals surface area contributed by atoms with Gasteiger partial charge in [0, 0.05) is 6.04 Å². The van der Waals surface area contributed by atoms with Crippen LogP contribution in [0, 0.1) is 0 Å². The molecule has 1 saturated carbocycles. The summed E-state index contributed by atoms with van der Waals surface area (Å²) in [6.07, 6.45) is 1.17. The van der Waals surface area contributed by atoms with E-state index < -0.39 is 12.2 Å². The number of aliphatic hydroxyl groups is 2. The molecule has 1 aliphatic carbocycles. The molecule has 3 nitrogen and oxygen atoms in total. The first-order valence-electron chi connectivity index (χ1n) is 3.33. The topological polar surface area (TPSA) is 66.5 Å². The van der Waals surface area contributed by atoms with Gasteiger partial charge in [-0.05, 0) is 19.3 Å². The molecule has 1 fully saturated rings. The van der Waals surface area contributed by atoms with Crippen LogP contribution in [-0.2, 0) is 0 Å². The summed E-state index contributed by atoms with van der Waals surface area (Å²) in [5, 5.41) is 18.1. The highest BCUT2D eigenvalue weighted by molar-refractivity contribution is 5.85. The normalized spacial score (nSPS) is 40.5. The molecule has 0 aromatic heterocycles. The Bertz CT molecular complexity index is 91.7. The number of hydrogen-bond donors (Lipinski definition) is 3. The van der Waals surface area contributed by atoms with Gasteiger partial charge in [-0.3, -0.25) is 0 Å². The van der Waals surface area contributed by atoms with Gasteiger partial charge in [0.25, 0.3) is 0 Å². The van der Waals surface area contributed by atoms with E-state index in [1.165, 1.54) is 0 Å². The molecule has 0 saturated heterocycles. The Morgan fingerprint density at radius 1 is 1.20 bits per heavy atom. The zero-order valence-corrected chi connectivity index (χ0v) is 6.55. The zero-order valence-electron chi connectivity index (χ0n) is 5.73. The lowest BCUT2D eigenvalue weighted by molar-refractivity contribution is -0.0205. The Morgan fingerprint density at radius 2 is 1.80 bits per heavy atom. The first kappa shape index (κ1) is 10.2. The van der Waals surface area contributed by atoms with E-state index in [-0.39, 0.29) is 18.4 Å². The van der Waals surface area contributed by atoms with E-state index >= 15 is 0 Å². The molecule has 3 atom stereocenters. The second kappa shape index (κ2) is 4.13. The molecule has 0 bridgehead atoms. The molecule has 0 aromatic carbocycles. The van der Waals surface area contributed by atoms with Crippen LogP contribution in [0.25, 0.3) is 0 Å². The number of rotatable bonds is 0. The van der Waals surface area contributed by atoms with Gasteiger partial charge in [-0.25, -0.2) is 0 Å². The van der Waals surface area contributed by atoms with E-state index in [4.69, 9.17) is 15.9 Å². The van der Waals surface area contributed by atoms with Crippen LogP contribution in [0.1, 0.15) is 19.3 Å². The van der Waals surface area contributed by atoms with Crippen LogP contribution >= 0.6 is 12.4 Å². The van der Waals surface area contributed by atoms with Gasteiger partial charge in [-0.2, -0.15) is 0 Å². The van der Waals surface area contributed by atoms with Gasteiger partial charge in [0.05, 0.1) is 12.2 Å². The molecule has 1 aliphatic rings. The summed E-state index contributed by atoms with van der Waals surface area (Å²) in [6, 6.07) is -0.214. The minimum absolute atomic E-state index is 0. The van der Waals surface area contributed by atoms with E-state index in [0.717, 1.165) is 12.8 Å². The first-order valence-corrected chi connectivity index (χ1v) is 3.33.